The smallest absolute Gasteiger partial charge is 0.410 e. The molecule has 0 unspecified atom stereocenters. The standard InChI is InChI=1S/C18H23N3O2.C15H19N3/c1-5-23-17(22)21-13-12-14(18(21,2)3)8-6-9-15-10-7-11-16(19-4)20-15;1-15(2)12(10-11-17-15)6-4-7-13-8-5-9-14(16-3)18-13/h7-8,10-11H,5,12-13H2,1-4H3,(H,19,20);5-6,8-9,17H,10-11H2,1-3H3,(H,16,18)/b14-8+;12-6+. The van der Waals surface area contributed by atoms with Crippen LogP contribution in [0.2, 0.25) is 0 Å². The summed E-state index contributed by atoms with van der Waals surface area (Å²) >= 11 is 0. The molecule has 3 N–H and O–H groups in total. The molecule has 216 valence electrons. The molecule has 8 heteroatoms. The Morgan fingerprint density at radius 2 is 1.51 bits per heavy atom. The molecule has 0 aliphatic carbocycles. The maximum Gasteiger partial charge on any atom is 0.410 e. The highest BCUT2D eigenvalue weighted by Crippen LogP contribution is 2.34. The minimum atomic E-state index is -0.374. The van der Waals surface area contributed by atoms with Crippen molar-refractivity contribution in [3.8, 4) is 23.7 Å². The fourth-order valence-electron chi connectivity index (χ4n) is 4.63. The van der Waals surface area contributed by atoms with Crippen LogP contribution in [-0.4, -0.2) is 65.8 Å². The maximum atomic E-state index is 12.0. The number of nitrogens with zero attached hydrogens (tertiary/aromatic N) is 3. The zero-order valence-electron chi connectivity index (χ0n) is 25.3. The summed E-state index contributed by atoms with van der Waals surface area (Å²) in [5, 5.41) is 9.45. The first kappa shape index (κ1) is 31.3. The van der Waals surface area contributed by atoms with Gasteiger partial charge < -0.3 is 20.7 Å². The minimum absolute atomic E-state index is 0.0783. The number of rotatable bonds is 3. The van der Waals surface area contributed by atoms with Crippen molar-refractivity contribution in [2.45, 2.75) is 58.5 Å². The highest BCUT2D eigenvalue weighted by atomic mass is 16.6. The fraction of sp³-hybridized carbons (Fsp3) is 0.424. The number of hydrogen-bond acceptors (Lipinski definition) is 7. The second-order valence-electron chi connectivity index (χ2n) is 10.7. The topological polar surface area (TPSA) is 91.4 Å². The number of allylic oxidation sites excluding steroid dienone is 2. The van der Waals surface area contributed by atoms with Gasteiger partial charge in [0, 0.05) is 26.2 Å². The predicted molar refractivity (Wildman–Crippen MR) is 167 cm³/mol. The summed E-state index contributed by atoms with van der Waals surface area (Å²) in [6.45, 7) is 12.3. The Labute approximate surface area is 245 Å². The van der Waals surface area contributed by atoms with E-state index in [1.165, 1.54) is 5.57 Å². The molecule has 0 radical (unpaired) electrons. The number of hydrogen-bond donors (Lipinski definition) is 3. The number of pyridine rings is 2. The zero-order valence-corrected chi connectivity index (χ0v) is 25.3. The summed E-state index contributed by atoms with van der Waals surface area (Å²) < 4.78 is 5.12. The van der Waals surface area contributed by atoms with Crippen molar-refractivity contribution >= 4 is 17.7 Å². The number of nitrogens with one attached hydrogen (secondary N) is 3. The molecule has 1 amide bonds. The van der Waals surface area contributed by atoms with Crippen LogP contribution in [0.25, 0.3) is 0 Å². The second-order valence-corrected chi connectivity index (χ2v) is 10.7. The van der Waals surface area contributed by atoms with E-state index >= 15 is 0 Å². The van der Waals surface area contributed by atoms with E-state index in [9.17, 15) is 4.79 Å². The Hall–Kier alpha value is -4.27. The number of anilines is 2. The summed E-state index contributed by atoms with van der Waals surface area (Å²) in [7, 11) is 3.68. The quantitative estimate of drug-likeness (QED) is 0.449. The van der Waals surface area contributed by atoms with Crippen molar-refractivity contribution in [3.63, 3.8) is 0 Å². The van der Waals surface area contributed by atoms with Crippen LogP contribution in [0.4, 0.5) is 16.4 Å². The van der Waals surface area contributed by atoms with E-state index < -0.39 is 0 Å². The summed E-state index contributed by atoms with van der Waals surface area (Å²) in [5.41, 5.74) is 3.70. The molecule has 2 aromatic rings. The second kappa shape index (κ2) is 14.4. The van der Waals surface area contributed by atoms with E-state index in [0.29, 0.717) is 18.8 Å². The molecule has 41 heavy (non-hydrogen) atoms. The average molecular weight is 555 g/mol. The lowest BCUT2D eigenvalue weighted by Crippen LogP contribution is -2.43. The summed E-state index contributed by atoms with van der Waals surface area (Å²) in [6.07, 6.45) is 5.54. The van der Waals surface area contributed by atoms with Gasteiger partial charge in [-0.2, -0.15) is 0 Å². The molecule has 4 rings (SSSR count). The first-order chi connectivity index (χ1) is 19.6. The van der Waals surface area contributed by atoms with Crippen LogP contribution in [0.15, 0.2) is 59.7 Å². The molecular weight excluding hydrogens is 512 g/mol. The van der Waals surface area contributed by atoms with Gasteiger partial charge >= 0.3 is 6.09 Å². The average Bonchev–Trinajstić information content (AvgIpc) is 3.45. The van der Waals surface area contributed by atoms with Gasteiger partial charge in [-0.1, -0.05) is 24.0 Å². The lowest BCUT2D eigenvalue weighted by Gasteiger charge is -2.31. The van der Waals surface area contributed by atoms with Crippen molar-refractivity contribution in [1.29, 1.82) is 0 Å². The molecule has 4 heterocycles. The SMILES string of the molecule is CCOC(=O)N1CC/C(=C\C#Cc2cccc(NC)n2)C1(C)C.CNc1cccc(C#C/C=C2\CCNC2(C)C)n1. The lowest BCUT2D eigenvalue weighted by atomic mass is 9.95. The van der Waals surface area contributed by atoms with Crippen molar-refractivity contribution in [2.75, 3.05) is 44.4 Å². The molecule has 0 aromatic carbocycles. The summed E-state index contributed by atoms with van der Waals surface area (Å²) in [6, 6.07) is 11.5. The number of amides is 1. The third kappa shape index (κ3) is 8.61. The molecule has 0 bridgehead atoms. The summed E-state index contributed by atoms with van der Waals surface area (Å²) in [4.78, 5) is 22.5. The van der Waals surface area contributed by atoms with E-state index in [-0.39, 0.29) is 17.2 Å². The first-order valence-electron chi connectivity index (χ1n) is 14.0. The largest absolute Gasteiger partial charge is 0.450 e. The van der Waals surface area contributed by atoms with Gasteiger partial charge in [-0.05, 0) is 113 Å². The van der Waals surface area contributed by atoms with Crippen LogP contribution < -0.4 is 16.0 Å². The van der Waals surface area contributed by atoms with Crippen LogP contribution in [0.1, 0.15) is 58.8 Å². The molecule has 2 aromatic heterocycles. The lowest BCUT2D eigenvalue weighted by molar-refractivity contribution is 0.0902. The third-order valence-electron chi connectivity index (χ3n) is 7.22. The normalized spacial score (nSPS) is 18.4. The van der Waals surface area contributed by atoms with Crippen molar-refractivity contribution in [1.82, 2.24) is 20.2 Å². The maximum absolute atomic E-state index is 12.0. The number of ether oxygens (including phenoxy) is 1. The van der Waals surface area contributed by atoms with E-state index in [1.807, 2.05) is 83.4 Å². The van der Waals surface area contributed by atoms with Crippen molar-refractivity contribution in [3.05, 3.63) is 71.1 Å². The van der Waals surface area contributed by atoms with Crippen molar-refractivity contribution < 1.29 is 9.53 Å². The van der Waals surface area contributed by atoms with Crippen LogP contribution in [0.3, 0.4) is 0 Å². The van der Waals surface area contributed by atoms with Gasteiger partial charge in [0.15, 0.2) is 0 Å². The van der Waals surface area contributed by atoms with E-state index in [0.717, 1.165) is 42.3 Å². The molecule has 2 aliphatic rings. The number of carbonyl (C=O) groups is 1. The Kier molecular flexibility index (Phi) is 11.0. The van der Waals surface area contributed by atoms with Gasteiger partial charge in [0.2, 0.25) is 0 Å². The van der Waals surface area contributed by atoms with Gasteiger partial charge in [0.05, 0.1) is 12.1 Å². The van der Waals surface area contributed by atoms with Gasteiger partial charge in [0.1, 0.15) is 23.0 Å². The molecule has 0 saturated carbocycles. The van der Waals surface area contributed by atoms with Gasteiger partial charge in [0.25, 0.3) is 0 Å². The number of likely N-dealkylation sites (tertiary alicyclic amines) is 1. The van der Waals surface area contributed by atoms with Gasteiger partial charge in [-0.3, -0.25) is 4.90 Å². The first-order valence-corrected chi connectivity index (χ1v) is 14.0. The van der Waals surface area contributed by atoms with E-state index in [2.05, 4.69) is 63.4 Å². The molecule has 2 saturated heterocycles. The molecular formula is C33H42N6O2. The van der Waals surface area contributed by atoms with Gasteiger partial charge in [-0.25, -0.2) is 14.8 Å². The molecule has 0 spiro atoms. The van der Waals surface area contributed by atoms with Crippen LogP contribution in [0, 0.1) is 23.7 Å². The van der Waals surface area contributed by atoms with E-state index in [4.69, 9.17) is 4.74 Å². The summed E-state index contributed by atoms with van der Waals surface area (Å²) in [5.74, 6) is 13.9. The number of carbonyl (C=O) groups excluding carboxylic acids is 1. The number of aromatic nitrogens is 2. The highest BCUT2D eigenvalue weighted by molar-refractivity contribution is 5.70. The zero-order chi connectivity index (χ0) is 29.9. The Morgan fingerprint density at radius 3 is 2.00 bits per heavy atom. The van der Waals surface area contributed by atoms with Crippen LogP contribution >= 0.6 is 0 Å². The Bertz CT molecular complexity index is 1400. The molecule has 2 fully saturated rings. The van der Waals surface area contributed by atoms with Crippen LogP contribution in [-0.2, 0) is 4.74 Å². The highest BCUT2D eigenvalue weighted by Gasteiger charge is 2.40. The molecule has 8 nitrogen and oxygen atoms in total. The minimum Gasteiger partial charge on any atom is -0.450 e. The third-order valence-corrected chi connectivity index (χ3v) is 7.22. The molecule has 2 aliphatic heterocycles. The fourth-order valence-corrected chi connectivity index (χ4v) is 4.63. The van der Waals surface area contributed by atoms with Gasteiger partial charge in [-0.15, -0.1) is 0 Å². The monoisotopic (exact) mass is 554 g/mol. The molecule has 0 atom stereocenters. The Morgan fingerprint density at radius 1 is 0.951 bits per heavy atom. The van der Waals surface area contributed by atoms with Crippen LogP contribution in [0.5, 0.6) is 0 Å². The Balaban J connectivity index is 0.000000232. The predicted octanol–water partition coefficient (Wildman–Crippen LogP) is 5.22. The van der Waals surface area contributed by atoms with E-state index in [1.54, 1.807) is 4.90 Å². The van der Waals surface area contributed by atoms with Crippen molar-refractivity contribution in [2.24, 2.45) is 0 Å².